The predicted molar refractivity (Wildman–Crippen MR) is 115 cm³/mol. The van der Waals surface area contributed by atoms with Crippen molar-refractivity contribution >= 4 is 56.9 Å². The average molecular weight is 485 g/mol. The third-order valence-corrected chi connectivity index (χ3v) is 5.39. The van der Waals surface area contributed by atoms with Gasteiger partial charge >= 0.3 is 0 Å². The van der Waals surface area contributed by atoms with Crippen LogP contribution in [0.4, 0.5) is 0 Å². The van der Waals surface area contributed by atoms with Gasteiger partial charge in [0.05, 0.1) is 11.1 Å². The lowest BCUT2D eigenvalue weighted by molar-refractivity contribution is -0.138. The van der Waals surface area contributed by atoms with Gasteiger partial charge in [0.25, 0.3) is 11.8 Å². The molecule has 1 fully saturated rings. The Kier molecular flexibility index (Phi) is 6.03. The van der Waals surface area contributed by atoms with Gasteiger partial charge < -0.3 is 0 Å². The number of fused-ring (bicyclic) bond motifs is 1. The molecular formula is C20H20BrCl2N3O2. The molecule has 0 saturated carbocycles. The first kappa shape index (κ1) is 21.1. The van der Waals surface area contributed by atoms with Gasteiger partial charge in [0, 0.05) is 15.9 Å². The van der Waals surface area contributed by atoms with Gasteiger partial charge in [-0.05, 0) is 50.6 Å². The molecule has 8 heteroatoms. The third kappa shape index (κ3) is 3.91. The molecule has 2 aliphatic heterocycles. The van der Waals surface area contributed by atoms with Crippen LogP contribution in [-0.4, -0.2) is 45.0 Å². The number of amides is 2. The van der Waals surface area contributed by atoms with E-state index in [0.717, 1.165) is 10.0 Å². The number of allylic oxidation sites excluding steroid dienone is 3. The molecule has 0 radical (unpaired) electrons. The standard InChI is InChI=1S/C20H20BrCl2N3O2/c1-12(22)8-16(9-13(2)23)25-18(28)20(3,26-17(27)11-24-19(25)26)10-14-4-6-15(21)7-5-14/h4-9,12H,10-11H2,1-3H3/b13-9+,16-8+/t12?,20-/m1/s1. The quantitative estimate of drug-likeness (QED) is 0.458. The van der Waals surface area contributed by atoms with Crippen LogP contribution in [0.5, 0.6) is 0 Å². The van der Waals surface area contributed by atoms with Crippen LogP contribution >= 0.6 is 39.1 Å². The van der Waals surface area contributed by atoms with Crippen molar-refractivity contribution < 1.29 is 9.59 Å². The lowest BCUT2D eigenvalue weighted by Crippen LogP contribution is -2.50. The second kappa shape index (κ2) is 8.01. The van der Waals surface area contributed by atoms with Crippen molar-refractivity contribution in [3.8, 4) is 0 Å². The Bertz CT molecular complexity index is 905. The van der Waals surface area contributed by atoms with Gasteiger partial charge in [0.2, 0.25) is 5.96 Å². The van der Waals surface area contributed by atoms with E-state index in [9.17, 15) is 9.59 Å². The van der Waals surface area contributed by atoms with Crippen molar-refractivity contribution in [2.45, 2.75) is 38.1 Å². The second-order valence-electron chi connectivity index (χ2n) is 7.06. The van der Waals surface area contributed by atoms with E-state index in [-0.39, 0.29) is 23.7 Å². The van der Waals surface area contributed by atoms with E-state index in [0.29, 0.717) is 23.1 Å². The summed E-state index contributed by atoms with van der Waals surface area (Å²) < 4.78 is 0.948. The van der Waals surface area contributed by atoms with Crippen molar-refractivity contribution in [2.24, 2.45) is 4.99 Å². The molecule has 28 heavy (non-hydrogen) atoms. The number of aliphatic imine (C=N–C) groups is 1. The second-order valence-corrected chi connectivity index (χ2v) is 9.26. The number of guanidine groups is 1. The Morgan fingerprint density at radius 2 is 2.00 bits per heavy atom. The number of carbonyl (C=O) groups is 2. The van der Waals surface area contributed by atoms with Crippen LogP contribution in [0.1, 0.15) is 26.3 Å². The van der Waals surface area contributed by atoms with Gasteiger partial charge in [-0.2, -0.15) is 0 Å². The maximum atomic E-state index is 13.5. The number of rotatable bonds is 5. The number of hydrogen-bond acceptors (Lipinski definition) is 3. The fourth-order valence-electron chi connectivity index (χ4n) is 3.50. The summed E-state index contributed by atoms with van der Waals surface area (Å²) in [5.41, 5.74) is 0.376. The Hall–Kier alpha value is -1.63. The maximum Gasteiger partial charge on any atom is 0.260 e. The average Bonchev–Trinajstić information content (AvgIpc) is 3.06. The minimum atomic E-state index is -1.08. The highest BCUT2D eigenvalue weighted by molar-refractivity contribution is 9.10. The van der Waals surface area contributed by atoms with Crippen LogP contribution < -0.4 is 0 Å². The molecule has 1 aromatic carbocycles. The monoisotopic (exact) mass is 483 g/mol. The van der Waals surface area contributed by atoms with Gasteiger partial charge in [-0.1, -0.05) is 39.7 Å². The molecule has 5 nitrogen and oxygen atoms in total. The smallest absolute Gasteiger partial charge is 0.260 e. The molecule has 3 rings (SSSR count). The maximum absolute atomic E-state index is 13.5. The number of nitrogens with zero attached hydrogens (tertiary/aromatic N) is 3. The third-order valence-electron chi connectivity index (χ3n) is 4.63. The van der Waals surface area contributed by atoms with E-state index in [1.807, 2.05) is 24.3 Å². The molecule has 2 atom stereocenters. The Morgan fingerprint density at radius 1 is 1.36 bits per heavy atom. The van der Waals surface area contributed by atoms with E-state index < -0.39 is 5.54 Å². The summed E-state index contributed by atoms with van der Waals surface area (Å²) in [6.45, 7) is 5.30. The van der Waals surface area contributed by atoms with Crippen molar-refractivity contribution in [2.75, 3.05) is 6.54 Å². The Labute approximate surface area is 182 Å². The van der Waals surface area contributed by atoms with E-state index in [2.05, 4.69) is 20.9 Å². The summed E-state index contributed by atoms with van der Waals surface area (Å²) in [6, 6.07) is 7.69. The summed E-state index contributed by atoms with van der Waals surface area (Å²) in [4.78, 5) is 33.4. The van der Waals surface area contributed by atoms with E-state index >= 15 is 0 Å². The highest BCUT2D eigenvalue weighted by Gasteiger charge is 2.57. The molecule has 0 spiro atoms. The highest BCUT2D eigenvalue weighted by Crippen LogP contribution is 2.37. The minimum Gasteiger partial charge on any atom is -0.272 e. The molecule has 0 aliphatic carbocycles. The van der Waals surface area contributed by atoms with Gasteiger partial charge in [-0.25, -0.2) is 9.89 Å². The zero-order chi connectivity index (χ0) is 20.6. The molecular weight excluding hydrogens is 465 g/mol. The number of carbonyl (C=O) groups excluding carboxylic acids is 2. The fraction of sp³-hybridized carbons (Fsp3) is 0.350. The van der Waals surface area contributed by atoms with Gasteiger partial charge in [-0.15, -0.1) is 11.6 Å². The molecule has 1 saturated heterocycles. The van der Waals surface area contributed by atoms with E-state index in [1.165, 1.54) is 9.80 Å². The molecule has 0 bridgehead atoms. The summed E-state index contributed by atoms with van der Waals surface area (Å²) in [5.74, 6) is -0.109. The molecule has 1 unspecified atom stereocenters. The van der Waals surface area contributed by atoms with Crippen LogP contribution in [0.15, 0.2) is 56.6 Å². The van der Waals surface area contributed by atoms with Crippen molar-refractivity contribution in [1.82, 2.24) is 9.80 Å². The minimum absolute atomic E-state index is 0.0162. The molecule has 2 aliphatic rings. The topological polar surface area (TPSA) is 53.0 Å². The zero-order valence-corrected chi connectivity index (χ0v) is 18.8. The number of halogens is 3. The van der Waals surface area contributed by atoms with Crippen molar-refractivity contribution in [1.29, 1.82) is 0 Å². The summed E-state index contributed by atoms with van der Waals surface area (Å²) in [7, 11) is 0. The van der Waals surface area contributed by atoms with Gasteiger partial charge in [0.15, 0.2) is 0 Å². The predicted octanol–water partition coefficient (Wildman–Crippen LogP) is 4.44. The lowest BCUT2D eigenvalue weighted by Gasteiger charge is -2.29. The van der Waals surface area contributed by atoms with Gasteiger partial charge in [0.1, 0.15) is 12.1 Å². The van der Waals surface area contributed by atoms with Crippen LogP contribution in [-0.2, 0) is 16.0 Å². The largest absolute Gasteiger partial charge is 0.272 e. The van der Waals surface area contributed by atoms with E-state index in [4.69, 9.17) is 23.2 Å². The lowest BCUT2D eigenvalue weighted by atomic mass is 9.91. The van der Waals surface area contributed by atoms with Crippen LogP contribution in [0.2, 0.25) is 0 Å². The van der Waals surface area contributed by atoms with Crippen LogP contribution in [0, 0.1) is 0 Å². The summed E-state index contributed by atoms with van der Waals surface area (Å²) in [5, 5.41) is 0.161. The SMILES string of the molecule is C/C(Cl)=C\C(=C/C(C)Cl)N1C(=O)[C@@](C)(Cc2ccc(Br)cc2)N2C(=O)CN=C12. The fourth-order valence-corrected chi connectivity index (χ4v) is 4.00. The first-order chi connectivity index (χ1) is 13.1. The normalized spacial score (nSPS) is 24.0. The molecule has 0 N–H and O–H groups in total. The van der Waals surface area contributed by atoms with Crippen LogP contribution in [0.3, 0.4) is 0 Å². The number of alkyl halides is 1. The summed E-state index contributed by atoms with van der Waals surface area (Å²) >= 11 is 15.7. The molecule has 1 aromatic rings. The number of benzene rings is 1. The van der Waals surface area contributed by atoms with Crippen LogP contribution in [0.25, 0.3) is 0 Å². The molecule has 2 amide bonds. The molecule has 2 heterocycles. The highest BCUT2D eigenvalue weighted by atomic mass is 79.9. The summed E-state index contributed by atoms with van der Waals surface area (Å²) in [6.07, 6.45) is 3.75. The van der Waals surface area contributed by atoms with Crippen molar-refractivity contribution in [3.63, 3.8) is 0 Å². The zero-order valence-electron chi connectivity index (χ0n) is 15.7. The molecule has 148 valence electrons. The van der Waals surface area contributed by atoms with Crippen molar-refractivity contribution in [3.05, 3.63) is 57.2 Å². The van der Waals surface area contributed by atoms with E-state index in [1.54, 1.807) is 32.9 Å². The van der Waals surface area contributed by atoms with Gasteiger partial charge in [-0.3, -0.25) is 14.5 Å². The molecule has 0 aromatic heterocycles. The number of hydrogen-bond donors (Lipinski definition) is 0. The Balaban J connectivity index is 2.07. The Morgan fingerprint density at radius 3 is 2.57 bits per heavy atom. The first-order valence-electron chi connectivity index (χ1n) is 8.79. The first-order valence-corrected chi connectivity index (χ1v) is 10.4.